The average molecular weight is 565 g/mol. The minimum Gasteiger partial charge on any atom is -0.454 e. The highest BCUT2D eigenvalue weighted by molar-refractivity contribution is 14.1. The summed E-state index contributed by atoms with van der Waals surface area (Å²) in [5.74, 6) is 2.74. The lowest BCUT2D eigenvalue weighted by Gasteiger charge is -2.31. The molecule has 1 amide bonds. The average Bonchev–Trinajstić information content (AvgIpc) is 3.37. The number of nitrogens with zero attached hydrogens (tertiary/aromatic N) is 4. The normalized spacial score (nSPS) is 16.1. The Morgan fingerprint density at radius 2 is 2.03 bits per heavy atom. The number of benzene rings is 1. The fourth-order valence-electron chi connectivity index (χ4n) is 4.27. The number of nitrogens with two attached hydrogens (primary N) is 1. The van der Waals surface area contributed by atoms with Gasteiger partial charge in [0.05, 0.1) is 5.52 Å². The van der Waals surface area contributed by atoms with Crippen molar-refractivity contribution >= 4 is 57.1 Å². The van der Waals surface area contributed by atoms with Crippen LogP contribution in [0.3, 0.4) is 0 Å². The van der Waals surface area contributed by atoms with Gasteiger partial charge in [0.15, 0.2) is 22.5 Å². The van der Waals surface area contributed by atoms with Crippen molar-refractivity contribution in [1.82, 2.24) is 19.4 Å². The van der Waals surface area contributed by atoms with Gasteiger partial charge in [-0.15, -0.1) is 0 Å². The summed E-state index contributed by atoms with van der Waals surface area (Å²) in [5, 5.41) is 0.887. The van der Waals surface area contributed by atoms with Crippen molar-refractivity contribution in [1.29, 1.82) is 0 Å². The summed E-state index contributed by atoms with van der Waals surface area (Å²) < 4.78 is 14.4. The number of amides is 1. The van der Waals surface area contributed by atoms with Crippen LogP contribution in [-0.4, -0.2) is 45.2 Å². The summed E-state index contributed by atoms with van der Waals surface area (Å²) in [7, 11) is 0. The molecule has 0 bridgehead atoms. The topological polar surface area (TPSA) is 95.5 Å². The van der Waals surface area contributed by atoms with Gasteiger partial charge >= 0.3 is 0 Å². The van der Waals surface area contributed by atoms with Crippen LogP contribution < -0.4 is 15.2 Å². The van der Waals surface area contributed by atoms with Gasteiger partial charge in [0, 0.05) is 41.2 Å². The van der Waals surface area contributed by atoms with Gasteiger partial charge < -0.3 is 24.7 Å². The monoisotopic (exact) mass is 565 g/mol. The summed E-state index contributed by atoms with van der Waals surface area (Å²) in [5.41, 5.74) is 7.88. The SMILES string of the molecule is CC(=O)N1CCC(CCn2c(Sc3cc4c(cc3I)OCO4)nc3c(N)nccc32)CC1. The second-order valence-electron chi connectivity index (χ2n) is 8.09. The molecule has 2 aliphatic rings. The van der Waals surface area contributed by atoms with E-state index in [0.29, 0.717) is 11.7 Å². The minimum atomic E-state index is 0.170. The molecule has 8 nitrogen and oxygen atoms in total. The van der Waals surface area contributed by atoms with Gasteiger partial charge in [-0.1, -0.05) is 11.8 Å². The maximum atomic E-state index is 11.6. The molecule has 32 heavy (non-hydrogen) atoms. The number of carbonyl (C=O) groups excluding carboxylic acids is 1. The Kier molecular flexibility index (Phi) is 6.06. The maximum absolute atomic E-state index is 11.6. The lowest BCUT2D eigenvalue weighted by Crippen LogP contribution is -2.37. The van der Waals surface area contributed by atoms with Crippen molar-refractivity contribution in [2.75, 3.05) is 25.6 Å². The van der Waals surface area contributed by atoms with Gasteiger partial charge in [-0.05, 0) is 66.0 Å². The fourth-order valence-corrected chi connectivity index (χ4v) is 5.99. The Morgan fingerprint density at radius 1 is 1.28 bits per heavy atom. The third-order valence-electron chi connectivity index (χ3n) is 6.11. The zero-order chi connectivity index (χ0) is 22.2. The van der Waals surface area contributed by atoms with Gasteiger partial charge in [-0.25, -0.2) is 9.97 Å². The Labute approximate surface area is 204 Å². The van der Waals surface area contributed by atoms with Gasteiger partial charge in [0.25, 0.3) is 0 Å². The van der Waals surface area contributed by atoms with E-state index in [1.807, 2.05) is 23.1 Å². The lowest BCUT2D eigenvalue weighted by molar-refractivity contribution is -0.130. The number of aromatic nitrogens is 3. The molecule has 0 spiro atoms. The number of nitrogen functional groups attached to an aromatic ring is 1. The molecular formula is C22H24IN5O3S. The molecule has 2 aromatic heterocycles. The van der Waals surface area contributed by atoms with E-state index in [2.05, 4.69) is 32.1 Å². The molecule has 1 aromatic carbocycles. The standard InChI is InChI=1S/C22H24IN5O3S/c1-13(29)27-7-3-14(4-8-27)5-9-28-16-2-6-25-21(24)20(16)26-22(28)32-19-11-18-17(10-15(19)23)30-12-31-18/h2,6,10-11,14H,3-5,7-9,12H2,1H3,(H2,24,25). The van der Waals surface area contributed by atoms with Crippen LogP contribution in [0.15, 0.2) is 34.4 Å². The third-order valence-corrected chi connectivity index (χ3v) is 8.42. The molecule has 3 aromatic rings. The van der Waals surface area contributed by atoms with Crippen LogP contribution >= 0.6 is 34.4 Å². The summed E-state index contributed by atoms with van der Waals surface area (Å²) in [6, 6.07) is 5.99. The van der Waals surface area contributed by atoms with Crippen molar-refractivity contribution in [3.05, 3.63) is 28.0 Å². The van der Waals surface area contributed by atoms with Crippen LogP contribution in [0.25, 0.3) is 11.0 Å². The second-order valence-corrected chi connectivity index (χ2v) is 10.3. The highest BCUT2D eigenvalue weighted by Crippen LogP contribution is 2.42. The van der Waals surface area contributed by atoms with Crippen molar-refractivity contribution in [3.63, 3.8) is 0 Å². The number of imidazole rings is 1. The number of likely N-dealkylation sites (tertiary alicyclic amines) is 1. The number of pyridine rings is 1. The lowest BCUT2D eigenvalue weighted by atomic mass is 9.93. The van der Waals surface area contributed by atoms with E-state index in [-0.39, 0.29) is 12.7 Å². The number of halogens is 1. The fraction of sp³-hybridized carbons (Fsp3) is 0.409. The van der Waals surface area contributed by atoms with Gasteiger partial charge in [-0.2, -0.15) is 0 Å². The number of hydrogen-bond donors (Lipinski definition) is 1. The highest BCUT2D eigenvalue weighted by Gasteiger charge is 2.23. The number of anilines is 1. The summed E-state index contributed by atoms with van der Waals surface area (Å²) in [6.45, 7) is 4.44. The Balaban J connectivity index is 1.40. The second kappa shape index (κ2) is 8.97. The largest absolute Gasteiger partial charge is 0.454 e. The van der Waals surface area contributed by atoms with Crippen LogP contribution in [-0.2, 0) is 11.3 Å². The van der Waals surface area contributed by atoms with Crippen LogP contribution in [0.5, 0.6) is 11.5 Å². The number of aryl methyl sites for hydroxylation is 1. The number of hydrogen-bond acceptors (Lipinski definition) is 7. The molecule has 168 valence electrons. The zero-order valence-corrected chi connectivity index (χ0v) is 20.7. The van der Waals surface area contributed by atoms with E-state index in [1.165, 1.54) is 0 Å². The van der Waals surface area contributed by atoms with Gasteiger partial charge in [0.2, 0.25) is 12.7 Å². The first-order valence-corrected chi connectivity index (χ1v) is 12.5. The first kappa shape index (κ1) is 21.6. The molecule has 10 heteroatoms. The predicted octanol–water partition coefficient (Wildman–Crippen LogP) is 4.15. The van der Waals surface area contributed by atoms with Crippen molar-refractivity contribution in [2.45, 2.75) is 42.8 Å². The summed E-state index contributed by atoms with van der Waals surface area (Å²) in [6.07, 6.45) is 4.85. The number of rotatable bonds is 5. The summed E-state index contributed by atoms with van der Waals surface area (Å²) in [4.78, 5) is 23.7. The van der Waals surface area contributed by atoms with Crippen LogP contribution in [0, 0.1) is 9.49 Å². The van der Waals surface area contributed by atoms with E-state index in [4.69, 9.17) is 20.2 Å². The van der Waals surface area contributed by atoms with E-state index >= 15 is 0 Å². The predicted molar refractivity (Wildman–Crippen MR) is 131 cm³/mol. The van der Waals surface area contributed by atoms with Crippen LogP contribution in [0.1, 0.15) is 26.2 Å². The molecular weight excluding hydrogens is 541 g/mol. The highest BCUT2D eigenvalue weighted by atomic mass is 127. The minimum absolute atomic E-state index is 0.170. The molecule has 0 unspecified atom stereocenters. The van der Waals surface area contributed by atoms with Crippen LogP contribution in [0.2, 0.25) is 0 Å². The van der Waals surface area contributed by atoms with Crippen molar-refractivity contribution < 1.29 is 14.3 Å². The quantitative estimate of drug-likeness (QED) is 0.465. The van der Waals surface area contributed by atoms with E-state index in [1.54, 1.807) is 24.9 Å². The zero-order valence-electron chi connectivity index (χ0n) is 17.7. The number of carbonyl (C=O) groups is 1. The number of piperidine rings is 1. The third kappa shape index (κ3) is 4.21. The first-order valence-electron chi connectivity index (χ1n) is 10.6. The molecule has 5 rings (SSSR count). The molecule has 0 atom stereocenters. The molecule has 0 radical (unpaired) electrons. The van der Waals surface area contributed by atoms with E-state index in [0.717, 1.165) is 75.1 Å². The van der Waals surface area contributed by atoms with Gasteiger partial charge in [-0.3, -0.25) is 4.79 Å². The molecule has 1 fully saturated rings. The Morgan fingerprint density at radius 3 is 2.78 bits per heavy atom. The van der Waals surface area contributed by atoms with E-state index < -0.39 is 0 Å². The molecule has 2 aliphatic heterocycles. The Hall–Kier alpha value is -2.21. The molecule has 2 N–H and O–H groups in total. The molecule has 0 aliphatic carbocycles. The van der Waals surface area contributed by atoms with E-state index in [9.17, 15) is 4.79 Å². The van der Waals surface area contributed by atoms with Crippen molar-refractivity contribution in [2.24, 2.45) is 5.92 Å². The Bertz CT molecular complexity index is 1180. The smallest absolute Gasteiger partial charge is 0.231 e. The summed E-state index contributed by atoms with van der Waals surface area (Å²) >= 11 is 3.92. The molecule has 0 saturated carbocycles. The van der Waals surface area contributed by atoms with Gasteiger partial charge in [0.1, 0.15) is 5.52 Å². The van der Waals surface area contributed by atoms with Crippen LogP contribution in [0.4, 0.5) is 5.82 Å². The first-order chi connectivity index (χ1) is 15.5. The number of ether oxygens (including phenoxy) is 2. The number of fused-ring (bicyclic) bond motifs is 2. The van der Waals surface area contributed by atoms with Crippen molar-refractivity contribution in [3.8, 4) is 11.5 Å². The molecule has 4 heterocycles. The molecule has 1 saturated heterocycles. The maximum Gasteiger partial charge on any atom is 0.231 e.